The van der Waals surface area contributed by atoms with Gasteiger partial charge in [-0.25, -0.2) is 9.88 Å². The maximum absolute atomic E-state index is 10.5. The monoisotopic (exact) mass is 397 g/mol. The molecule has 2 atom stereocenters. The van der Waals surface area contributed by atoms with Crippen LogP contribution in [0.2, 0.25) is 0 Å². The number of hydrogen-bond acceptors (Lipinski definition) is 6. The predicted molar refractivity (Wildman–Crippen MR) is 111 cm³/mol. The van der Waals surface area contributed by atoms with E-state index in [1.54, 1.807) is 11.1 Å². The van der Waals surface area contributed by atoms with Gasteiger partial charge in [0, 0.05) is 49.6 Å². The first-order valence-electron chi connectivity index (χ1n) is 10.6. The lowest BCUT2D eigenvalue weighted by atomic mass is 10.1. The van der Waals surface area contributed by atoms with Gasteiger partial charge in [0.2, 0.25) is 5.88 Å². The van der Waals surface area contributed by atoms with Crippen LogP contribution < -0.4 is 4.74 Å². The summed E-state index contributed by atoms with van der Waals surface area (Å²) >= 11 is 0. The highest BCUT2D eigenvalue weighted by Crippen LogP contribution is 2.39. The number of benzene rings is 1. The fraction of sp³-hybridized carbons (Fsp3) is 0.522. The van der Waals surface area contributed by atoms with Crippen LogP contribution in [0, 0.1) is 5.92 Å². The zero-order chi connectivity index (χ0) is 20.4. The number of nitrogens with zero attached hydrogens (tertiary/aromatic N) is 3. The lowest BCUT2D eigenvalue weighted by molar-refractivity contribution is -0.0902. The van der Waals surface area contributed by atoms with Crippen LogP contribution in [0.25, 0.3) is 0 Å². The van der Waals surface area contributed by atoms with Crippen molar-refractivity contribution in [2.75, 3.05) is 19.6 Å². The van der Waals surface area contributed by atoms with Crippen molar-refractivity contribution in [3.05, 3.63) is 59.3 Å². The summed E-state index contributed by atoms with van der Waals surface area (Å²) in [6, 6.07) is 11.3. The molecule has 1 aromatic heterocycles. The minimum Gasteiger partial charge on any atom is -0.474 e. The van der Waals surface area contributed by atoms with E-state index in [0.717, 1.165) is 49.2 Å². The maximum atomic E-state index is 10.5. The molecule has 2 aliphatic heterocycles. The number of hydrogen-bond donors (Lipinski definition) is 2. The van der Waals surface area contributed by atoms with Crippen LogP contribution in [0.5, 0.6) is 5.88 Å². The van der Waals surface area contributed by atoms with E-state index >= 15 is 0 Å². The Morgan fingerprint density at radius 1 is 1.03 bits per heavy atom. The van der Waals surface area contributed by atoms with Crippen LogP contribution in [-0.2, 0) is 6.54 Å². The molecular formula is C23H31N3O3. The molecule has 0 aliphatic carbocycles. The van der Waals surface area contributed by atoms with E-state index in [9.17, 15) is 10.2 Å². The van der Waals surface area contributed by atoms with Gasteiger partial charge in [-0.3, -0.25) is 0 Å². The second-order valence-electron chi connectivity index (χ2n) is 8.56. The Labute approximate surface area is 172 Å². The SMILES string of the molecule is CC(C)CN1CCC(Oc2ccc(CN3C(O)c4ccccc4C3O)cn2)CC1. The van der Waals surface area contributed by atoms with E-state index in [4.69, 9.17) is 4.74 Å². The van der Waals surface area contributed by atoms with E-state index in [1.807, 2.05) is 36.4 Å². The standard InChI is InChI=1S/C23H31N3O3/c1-16(2)14-25-11-9-18(10-12-25)29-21-8-7-17(13-24-21)15-26-22(27)19-5-3-4-6-20(19)23(26)28/h3-8,13,16,18,22-23,27-28H,9-12,14-15H2,1-2H3. The minimum atomic E-state index is -0.812. The van der Waals surface area contributed by atoms with Gasteiger partial charge in [0.05, 0.1) is 0 Å². The van der Waals surface area contributed by atoms with E-state index in [0.29, 0.717) is 18.3 Å². The molecule has 2 unspecified atom stereocenters. The highest BCUT2D eigenvalue weighted by atomic mass is 16.5. The van der Waals surface area contributed by atoms with Crippen molar-refractivity contribution < 1.29 is 14.9 Å². The number of pyridine rings is 1. The Morgan fingerprint density at radius 2 is 1.69 bits per heavy atom. The molecule has 1 fully saturated rings. The molecule has 2 N–H and O–H groups in total. The van der Waals surface area contributed by atoms with Gasteiger partial charge in [-0.05, 0) is 24.3 Å². The van der Waals surface area contributed by atoms with E-state index < -0.39 is 12.5 Å². The molecule has 0 bridgehead atoms. The third-order valence-corrected chi connectivity index (χ3v) is 5.79. The lowest BCUT2D eigenvalue weighted by Gasteiger charge is -2.32. The second-order valence-corrected chi connectivity index (χ2v) is 8.56. The molecule has 6 heteroatoms. The number of aromatic nitrogens is 1. The molecule has 6 nitrogen and oxygen atoms in total. The Hall–Kier alpha value is -1.99. The highest BCUT2D eigenvalue weighted by Gasteiger charge is 2.35. The van der Waals surface area contributed by atoms with Crippen LogP contribution in [-0.4, -0.2) is 50.7 Å². The zero-order valence-corrected chi connectivity index (χ0v) is 17.2. The summed E-state index contributed by atoms with van der Waals surface area (Å²) in [6.07, 6.45) is 2.42. The maximum Gasteiger partial charge on any atom is 0.213 e. The third kappa shape index (κ3) is 4.61. The molecule has 156 valence electrons. The normalized spacial score (nSPS) is 23.5. The summed E-state index contributed by atoms with van der Waals surface area (Å²) in [5, 5.41) is 21.1. The average Bonchev–Trinajstić information content (AvgIpc) is 2.96. The summed E-state index contributed by atoms with van der Waals surface area (Å²) in [4.78, 5) is 8.62. The van der Waals surface area contributed by atoms with Crippen LogP contribution in [0.1, 0.15) is 55.8 Å². The van der Waals surface area contributed by atoms with Crippen molar-refractivity contribution in [2.45, 2.75) is 51.8 Å². The average molecular weight is 398 g/mol. The quantitative estimate of drug-likeness (QED) is 0.781. The molecule has 2 aliphatic rings. The number of fused-ring (bicyclic) bond motifs is 1. The molecule has 2 aromatic rings. The first-order valence-corrected chi connectivity index (χ1v) is 10.6. The molecule has 3 heterocycles. The van der Waals surface area contributed by atoms with Gasteiger partial charge in [0.15, 0.2) is 0 Å². The Morgan fingerprint density at radius 3 is 2.24 bits per heavy atom. The molecule has 4 rings (SSSR count). The first kappa shape index (κ1) is 20.3. The van der Waals surface area contributed by atoms with Crippen molar-refractivity contribution in [1.82, 2.24) is 14.8 Å². The summed E-state index contributed by atoms with van der Waals surface area (Å²) in [7, 11) is 0. The van der Waals surface area contributed by atoms with Gasteiger partial charge >= 0.3 is 0 Å². The van der Waals surface area contributed by atoms with Crippen molar-refractivity contribution in [3.63, 3.8) is 0 Å². The number of aliphatic hydroxyl groups excluding tert-OH is 2. The lowest BCUT2D eigenvalue weighted by Crippen LogP contribution is -2.40. The summed E-state index contributed by atoms with van der Waals surface area (Å²) in [6.45, 7) is 8.23. The van der Waals surface area contributed by atoms with E-state index in [2.05, 4.69) is 23.7 Å². The van der Waals surface area contributed by atoms with Gasteiger partial charge in [-0.2, -0.15) is 0 Å². The number of rotatable bonds is 6. The highest BCUT2D eigenvalue weighted by molar-refractivity contribution is 5.35. The summed E-state index contributed by atoms with van der Waals surface area (Å²) < 4.78 is 6.08. The molecule has 0 radical (unpaired) electrons. The summed E-state index contributed by atoms with van der Waals surface area (Å²) in [5.74, 6) is 1.34. The van der Waals surface area contributed by atoms with Crippen LogP contribution in [0.15, 0.2) is 42.6 Å². The third-order valence-electron chi connectivity index (χ3n) is 5.79. The number of likely N-dealkylation sites (tertiary alicyclic amines) is 1. The van der Waals surface area contributed by atoms with Gasteiger partial charge in [-0.15, -0.1) is 0 Å². The minimum absolute atomic E-state index is 0.216. The number of aliphatic hydroxyl groups is 2. The molecule has 1 saturated heterocycles. The number of piperidine rings is 1. The van der Waals surface area contributed by atoms with Crippen molar-refractivity contribution in [3.8, 4) is 5.88 Å². The number of ether oxygens (including phenoxy) is 1. The molecule has 0 spiro atoms. The predicted octanol–water partition coefficient (Wildman–Crippen LogP) is 3.08. The van der Waals surface area contributed by atoms with Crippen LogP contribution >= 0.6 is 0 Å². The molecule has 0 amide bonds. The molecule has 0 saturated carbocycles. The Bertz CT molecular complexity index is 774. The fourth-order valence-electron chi connectivity index (χ4n) is 4.33. The first-order chi connectivity index (χ1) is 14.0. The van der Waals surface area contributed by atoms with E-state index in [1.165, 1.54) is 0 Å². The van der Waals surface area contributed by atoms with Crippen LogP contribution in [0.3, 0.4) is 0 Å². The summed E-state index contributed by atoms with van der Waals surface area (Å²) in [5.41, 5.74) is 2.45. The fourth-order valence-corrected chi connectivity index (χ4v) is 4.33. The molecular weight excluding hydrogens is 366 g/mol. The van der Waals surface area contributed by atoms with Crippen LogP contribution in [0.4, 0.5) is 0 Å². The van der Waals surface area contributed by atoms with Gasteiger partial charge in [0.1, 0.15) is 18.6 Å². The van der Waals surface area contributed by atoms with Gasteiger partial charge in [0.25, 0.3) is 0 Å². The zero-order valence-electron chi connectivity index (χ0n) is 17.2. The Balaban J connectivity index is 1.31. The Kier molecular flexibility index (Phi) is 6.15. The van der Waals surface area contributed by atoms with Crippen molar-refractivity contribution >= 4 is 0 Å². The second kappa shape index (κ2) is 8.79. The topological polar surface area (TPSA) is 69.1 Å². The molecule has 29 heavy (non-hydrogen) atoms. The van der Waals surface area contributed by atoms with Gasteiger partial charge in [-0.1, -0.05) is 44.2 Å². The van der Waals surface area contributed by atoms with Crippen molar-refractivity contribution in [1.29, 1.82) is 0 Å². The molecule has 1 aromatic carbocycles. The van der Waals surface area contributed by atoms with Gasteiger partial charge < -0.3 is 19.8 Å². The largest absolute Gasteiger partial charge is 0.474 e. The van der Waals surface area contributed by atoms with Crippen molar-refractivity contribution in [2.24, 2.45) is 5.92 Å². The smallest absolute Gasteiger partial charge is 0.213 e. The van der Waals surface area contributed by atoms with E-state index in [-0.39, 0.29) is 6.10 Å².